The molecule has 27 heavy (non-hydrogen) atoms. The summed E-state index contributed by atoms with van der Waals surface area (Å²) in [6.07, 6.45) is 6.51. The third kappa shape index (κ3) is 4.87. The van der Waals surface area contributed by atoms with Crippen LogP contribution in [-0.2, 0) is 16.1 Å². The van der Waals surface area contributed by atoms with E-state index in [1.807, 2.05) is 12.1 Å². The molecule has 2 aromatic rings. The summed E-state index contributed by atoms with van der Waals surface area (Å²) < 4.78 is 11.0. The van der Waals surface area contributed by atoms with Crippen molar-refractivity contribution in [2.24, 2.45) is 0 Å². The molecule has 5 heteroatoms. The van der Waals surface area contributed by atoms with E-state index in [0.717, 1.165) is 29.8 Å². The lowest BCUT2D eigenvalue weighted by molar-refractivity contribution is -0.137. The van der Waals surface area contributed by atoms with E-state index in [2.05, 4.69) is 42.6 Å². The Kier molecular flexibility index (Phi) is 6.48. The molecule has 0 amide bonds. The normalized spacial score (nSPS) is 14.7. The van der Waals surface area contributed by atoms with Crippen molar-refractivity contribution in [3.63, 3.8) is 0 Å². The average molecular weight is 384 g/mol. The standard InChI is InChI=1S/C22H25NO3S/c1-4-25-21(24)10-8-16-7-9-20-19(14-16)18(6-5-12-23(2)3)22-17(15-26-20)11-13-27-22/h6-11,13-14H,4-5,12,15H2,1-3H3. The van der Waals surface area contributed by atoms with Gasteiger partial charge in [-0.15, -0.1) is 11.3 Å². The van der Waals surface area contributed by atoms with Crippen molar-refractivity contribution in [2.45, 2.75) is 20.0 Å². The molecule has 0 unspecified atom stereocenters. The van der Waals surface area contributed by atoms with Crippen LogP contribution in [0.4, 0.5) is 0 Å². The van der Waals surface area contributed by atoms with Crippen LogP contribution in [0, 0.1) is 0 Å². The summed E-state index contributed by atoms with van der Waals surface area (Å²) in [5.74, 6) is 0.550. The van der Waals surface area contributed by atoms with Crippen molar-refractivity contribution in [1.82, 2.24) is 4.90 Å². The van der Waals surface area contributed by atoms with Gasteiger partial charge in [-0.25, -0.2) is 4.79 Å². The number of esters is 1. The van der Waals surface area contributed by atoms with Crippen LogP contribution < -0.4 is 4.74 Å². The van der Waals surface area contributed by atoms with Gasteiger partial charge in [-0.2, -0.15) is 0 Å². The molecule has 0 spiro atoms. The molecule has 2 heterocycles. The highest BCUT2D eigenvalue weighted by Gasteiger charge is 2.20. The van der Waals surface area contributed by atoms with E-state index in [1.165, 1.54) is 22.1 Å². The predicted octanol–water partition coefficient (Wildman–Crippen LogP) is 4.60. The molecule has 0 aliphatic carbocycles. The molecule has 0 radical (unpaired) electrons. The second-order valence-electron chi connectivity index (χ2n) is 6.61. The fourth-order valence-corrected chi connectivity index (χ4v) is 3.94. The SMILES string of the molecule is CCOC(=O)C=Cc1ccc2c(c1)C(=CCCN(C)C)c1sccc1CO2. The van der Waals surface area contributed by atoms with Gasteiger partial charge in [-0.1, -0.05) is 12.1 Å². The average Bonchev–Trinajstić information content (AvgIpc) is 3.05. The molecule has 1 aliphatic heterocycles. The Hall–Kier alpha value is -2.37. The number of carbonyl (C=O) groups excluding carboxylic acids is 1. The van der Waals surface area contributed by atoms with Gasteiger partial charge in [-0.05, 0) is 68.2 Å². The molecular weight excluding hydrogens is 358 g/mol. The van der Waals surface area contributed by atoms with E-state index in [-0.39, 0.29) is 5.97 Å². The van der Waals surface area contributed by atoms with E-state index >= 15 is 0 Å². The molecule has 4 nitrogen and oxygen atoms in total. The van der Waals surface area contributed by atoms with Crippen molar-refractivity contribution in [2.75, 3.05) is 27.2 Å². The molecule has 0 atom stereocenters. The number of nitrogens with zero attached hydrogens (tertiary/aromatic N) is 1. The second kappa shape index (κ2) is 9.02. The van der Waals surface area contributed by atoms with Gasteiger partial charge in [0.1, 0.15) is 12.4 Å². The van der Waals surface area contributed by atoms with Crippen LogP contribution in [0.15, 0.2) is 41.8 Å². The summed E-state index contributed by atoms with van der Waals surface area (Å²) in [5.41, 5.74) is 4.45. The van der Waals surface area contributed by atoms with Gasteiger partial charge in [0.15, 0.2) is 0 Å². The zero-order chi connectivity index (χ0) is 19.2. The molecule has 0 N–H and O–H groups in total. The van der Waals surface area contributed by atoms with Gasteiger partial charge >= 0.3 is 5.97 Å². The van der Waals surface area contributed by atoms with Crippen LogP contribution in [0.1, 0.15) is 34.9 Å². The molecule has 142 valence electrons. The third-order valence-corrected chi connectivity index (χ3v) is 5.28. The lowest BCUT2D eigenvalue weighted by Gasteiger charge is -2.12. The van der Waals surface area contributed by atoms with E-state index in [0.29, 0.717) is 13.2 Å². The molecule has 0 saturated carbocycles. The Labute approximate surface area is 164 Å². The first-order chi connectivity index (χ1) is 13.1. The van der Waals surface area contributed by atoms with Crippen molar-refractivity contribution < 1.29 is 14.3 Å². The number of hydrogen-bond acceptors (Lipinski definition) is 5. The molecule has 1 aromatic carbocycles. The number of rotatable bonds is 6. The first-order valence-electron chi connectivity index (χ1n) is 9.12. The Bertz CT molecular complexity index is 864. The fourth-order valence-electron chi connectivity index (χ4n) is 2.98. The van der Waals surface area contributed by atoms with Gasteiger partial charge in [0.2, 0.25) is 0 Å². The Morgan fingerprint density at radius 1 is 1.33 bits per heavy atom. The Morgan fingerprint density at radius 3 is 2.96 bits per heavy atom. The van der Waals surface area contributed by atoms with Crippen molar-refractivity contribution in [3.8, 4) is 5.75 Å². The van der Waals surface area contributed by atoms with Crippen LogP contribution in [0.25, 0.3) is 11.6 Å². The van der Waals surface area contributed by atoms with Crippen LogP contribution in [-0.4, -0.2) is 38.1 Å². The number of hydrogen-bond donors (Lipinski definition) is 0. The zero-order valence-corrected chi connectivity index (χ0v) is 16.8. The minimum absolute atomic E-state index is 0.328. The van der Waals surface area contributed by atoms with Gasteiger partial charge in [0.05, 0.1) is 6.61 Å². The summed E-state index contributed by atoms with van der Waals surface area (Å²) in [6, 6.07) is 8.16. The van der Waals surface area contributed by atoms with Crippen molar-refractivity contribution in [1.29, 1.82) is 0 Å². The molecule has 1 aliphatic rings. The third-order valence-electron chi connectivity index (χ3n) is 4.29. The number of carbonyl (C=O) groups is 1. The van der Waals surface area contributed by atoms with Crippen LogP contribution in [0.3, 0.4) is 0 Å². The minimum atomic E-state index is -0.328. The number of thiophene rings is 1. The first kappa shape index (κ1) is 19.4. The Balaban J connectivity index is 1.97. The van der Waals surface area contributed by atoms with Crippen LogP contribution >= 0.6 is 11.3 Å². The second-order valence-corrected chi connectivity index (χ2v) is 7.53. The van der Waals surface area contributed by atoms with Gasteiger partial charge in [0.25, 0.3) is 0 Å². The summed E-state index contributed by atoms with van der Waals surface area (Å²) in [4.78, 5) is 15.1. The summed E-state index contributed by atoms with van der Waals surface area (Å²) in [5, 5.41) is 2.11. The molecule has 3 rings (SSSR count). The number of ether oxygens (including phenoxy) is 2. The van der Waals surface area contributed by atoms with Crippen molar-refractivity contribution in [3.05, 3.63) is 63.4 Å². The highest BCUT2D eigenvalue weighted by Crippen LogP contribution is 2.40. The smallest absolute Gasteiger partial charge is 0.330 e. The zero-order valence-electron chi connectivity index (χ0n) is 16.0. The van der Waals surface area contributed by atoms with Gasteiger partial charge < -0.3 is 14.4 Å². The van der Waals surface area contributed by atoms with Gasteiger partial charge in [-0.3, -0.25) is 0 Å². The lowest BCUT2D eigenvalue weighted by Crippen LogP contribution is -2.12. The quantitative estimate of drug-likeness (QED) is 0.540. The van der Waals surface area contributed by atoms with Crippen molar-refractivity contribution >= 4 is 29.0 Å². The minimum Gasteiger partial charge on any atom is -0.488 e. The van der Waals surface area contributed by atoms with Gasteiger partial charge in [0, 0.05) is 28.6 Å². The number of benzene rings is 1. The highest BCUT2D eigenvalue weighted by molar-refractivity contribution is 7.11. The van der Waals surface area contributed by atoms with Crippen LogP contribution in [0.2, 0.25) is 0 Å². The molecular formula is C22H25NO3S. The van der Waals surface area contributed by atoms with E-state index in [9.17, 15) is 4.79 Å². The van der Waals surface area contributed by atoms with E-state index < -0.39 is 0 Å². The monoisotopic (exact) mass is 383 g/mol. The molecule has 0 saturated heterocycles. The summed E-state index contributed by atoms with van der Waals surface area (Å²) >= 11 is 1.75. The van der Waals surface area contributed by atoms with E-state index in [4.69, 9.17) is 9.47 Å². The largest absolute Gasteiger partial charge is 0.488 e. The maximum Gasteiger partial charge on any atom is 0.330 e. The maximum absolute atomic E-state index is 11.6. The topological polar surface area (TPSA) is 38.8 Å². The van der Waals surface area contributed by atoms with Crippen LogP contribution in [0.5, 0.6) is 5.75 Å². The van der Waals surface area contributed by atoms with E-state index in [1.54, 1.807) is 24.3 Å². The molecule has 1 aromatic heterocycles. The summed E-state index contributed by atoms with van der Waals surface area (Å²) in [6.45, 7) is 3.74. The lowest BCUT2D eigenvalue weighted by atomic mass is 9.98. The maximum atomic E-state index is 11.6. The number of fused-ring (bicyclic) bond motifs is 2. The molecule has 0 bridgehead atoms. The fraction of sp³-hybridized carbons (Fsp3) is 0.318. The highest BCUT2D eigenvalue weighted by atomic mass is 32.1. The molecule has 0 fully saturated rings. The summed E-state index contributed by atoms with van der Waals surface area (Å²) in [7, 11) is 4.16. The Morgan fingerprint density at radius 2 is 2.19 bits per heavy atom. The first-order valence-corrected chi connectivity index (χ1v) is 10.00. The predicted molar refractivity (Wildman–Crippen MR) is 111 cm³/mol.